The molecule has 0 saturated carbocycles. The van der Waals surface area contributed by atoms with Gasteiger partial charge in [0.2, 0.25) is 0 Å². The molecule has 4 nitrogen and oxygen atoms in total. The molecule has 0 aromatic heterocycles. The predicted molar refractivity (Wildman–Crippen MR) is 49.0 cm³/mol. The standard InChI is InChI=1S/C8H20N2O2/c9-3-1-5-11-7-8-12-6-2-4-10/h1-10H2. The van der Waals surface area contributed by atoms with Crippen LogP contribution in [0.25, 0.3) is 0 Å². The summed E-state index contributed by atoms with van der Waals surface area (Å²) >= 11 is 0. The lowest BCUT2D eigenvalue weighted by atomic mass is 10.5. The second kappa shape index (κ2) is 10.8. The molecule has 0 aliphatic heterocycles. The van der Waals surface area contributed by atoms with E-state index in [4.69, 9.17) is 20.9 Å². The first-order valence-corrected chi connectivity index (χ1v) is 4.47. The van der Waals surface area contributed by atoms with Crippen LogP contribution in [0.3, 0.4) is 0 Å². The lowest BCUT2D eigenvalue weighted by Crippen LogP contribution is -2.10. The first-order chi connectivity index (χ1) is 5.91. The molecule has 12 heavy (non-hydrogen) atoms. The van der Waals surface area contributed by atoms with Gasteiger partial charge in [-0.05, 0) is 25.9 Å². The number of rotatable bonds is 9. The Morgan fingerprint density at radius 1 is 0.667 bits per heavy atom. The average molecular weight is 176 g/mol. The molecule has 4 heteroatoms. The maximum absolute atomic E-state index is 5.28. The van der Waals surface area contributed by atoms with E-state index in [-0.39, 0.29) is 0 Å². The van der Waals surface area contributed by atoms with Crippen LogP contribution < -0.4 is 11.5 Å². The summed E-state index contributed by atoms with van der Waals surface area (Å²) < 4.78 is 10.4. The topological polar surface area (TPSA) is 70.5 Å². The van der Waals surface area contributed by atoms with Gasteiger partial charge in [0.15, 0.2) is 0 Å². The van der Waals surface area contributed by atoms with E-state index in [2.05, 4.69) is 0 Å². The summed E-state index contributed by atoms with van der Waals surface area (Å²) in [4.78, 5) is 0. The highest BCUT2D eigenvalue weighted by Crippen LogP contribution is 1.83. The molecule has 0 unspecified atom stereocenters. The average Bonchev–Trinajstić information content (AvgIpc) is 2.10. The van der Waals surface area contributed by atoms with Crippen LogP contribution in [0.2, 0.25) is 0 Å². The molecule has 0 bridgehead atoms. The molecule has 0 aromatic rings. The van der Waals surface area contributed by atoms with Crippen LogP contribution in [-0.2, 0) is 9.47 Å². The van der Waals surface area contributed by atoms with Gasteiger partial charge in [0.05, 0.1) is 13.2 Å². The third-order valence-electron chi connectivity index (χ3n) is 1.36. The van der Waals surface area contributed by atoms with E-state index in [0.717, 1.165) is 26.1 Å². The van der Waals surface area contributed by atoms with Gasteiger partial charge < -0.3 is 20.9 Å². The van der Waals surface area contributed by atoms with Crippen molar-refractivity contribution in [2.75, 3.05) is 39.5 Å². The third-order valence-corrected chi connectivity index (χ3v) is 1.36. The fraction of sp³-hybridized carbons (Fsp3) is 1.00. The normalized spacial score (nSPS) is 10.5. The summed E-state index contributed by atoms with van der Waals surface area (Å²) in [5.41, 5.74) is 10.6. The molecule has 0 radical (unpaired) electrons. The summed E-state index contributed by atoms with van der Waals surface area (Å²) in [6, 6.07) is 0. The summed E-state index contributed by atoms with van der Waals surface area (Å²) in [6.45, 7) is 4.16. The zero-order chi connectivity index (χ0) is 9.07. The van der Waals surface area contributed by atoms with Crippen LogP contribution in [0.4, 0.5) is 0 Å². The van der Waals surface area contributed by atoms with Crippen LogP contribution in [0, 0.1) is 0 Å². The Kier molecular flexibility index (Phi) is 10.7. The van der Waals surface area contributed by atoms with Crippen molar-refractivity contribution in [2.24, 2.45) is 11.5 Å². The van der Waals surface area contributed by atoms with Gasteiger partial charge in [0.1, 0.15) is 0 Å². The van der Waals surface area contributed by atoms with Crippen LogP contribution in [0.15, 0.2) is 0 Å². The minimum absolute atomic E-state index is 0.657. The molecule has 0 saturated heterocycles. The van der Waals surface area contributed by atoms with Gasteiger partial charge in [0.25, 0.3) is 0 Å². The van der Waals surface area contributed by atoms with Gasteiger partial charge in [-0.2, -0.15) is 0 Å². The first kappa shape index (κ1) is 11.8. The fourth-order valence-electron chi connectivity index (χ4n) is 0.693. The van der Waals surface area contributed by atoms with Gasteiger partial charge in [-0.25, -0.2) is 0 Å². The molecular weight excluding hydrogens is 156 g/mol. The van der Waals surface area contributed by atoms with Crippen molar-refractivity contribution >= 4 is 0 Å². The van der Waals surface area contributed by atoms with Crippen molar-refractivity contribution in [1.29, 1.82) is 0 Å². The number of ether oxygens (including phenoxy) is 2. The molecule has 0 amide bonds. The maximum Gasteiger partial charge on any atom is 0.0700 e. The zero-order valence-corrected chi connectivity index (χ0v) is 7.63. The first-order valence-electron chi connectivity index (χ1n) is 4.47. The van der Waals surface area contributed by atoms with Gasteiger partial charge in [-0.1, -0.05) is 0 Å². The Labute approximate surface area is 74.2 Å². The third kappa shape index (κ3) is 9.84. The molecule has 74 valence electrons. The highest BCUT2D eigenvalue weighted by Gasteiger charge is 1.88. The Bertz CT molecular complexity index is 71.5. The van der Waals surface area contributed by atoms with E-state index in [1.807, 2.05) is 0 Å². The highest BCUT2D eigenvalue weighted by atomic mass is 16.5. The smallest absolute Gasteiger partial charge is 0.0700 e. The lowest BCUT2D eigenvalue weighted by molar-refractivity contribution is 0.0471. The Morgan fingerprint density at radius 2 is 1.08 bits per heavy atom. The Hall–Kier alpha value is -0.160. The van der Waals surface area contributed by atoms with Crippen molar-refractivity contribution in [2.45, 2.75) is 12.8 Å². The van der Waals surface area contributed by atoms with Crippen LogP contribution in [0.5, 0.6) is 0 Å². The zero-order valence-electron chi connectivity index (χ0n) is 7.63. The molecule has 0 rings (SSSR count). The van der Waals surface area contributed by atoms with Crippen molar-refractivity contribution in [3.63, 3.8) is 0 Å². The summed E-state index contributed by atoms with van der Waals surface area (Å²) in [5, 5.41) is 0. The molecule has 0 fully saturated rings. The van der Waals surface area contributed by atoms with Crippen molar-refractivity contribution < 1.29 is 9.47 Å². The Morgan fingerprint density at radius 3 is 1.42 bits per heavy atom. The second-order valence-corrected chi connectivity index (χ2v) is 2.51. The molecule has 0 heterocycles. The van der Waals surface area contributed by atoms with Gasteiger partial charge >= 0.3 is 0 Å². The van der Waals surface area contributed by atoms with E-state index in [1.54, 1.807) is 0 Å². The minimum atomic E-state index is 0.657. The summed E-state index contributed by atoms with van der Waals surface area (Å²) in [6.07, 6.45) is 1.84. The monoisotopic (exact) mass is 176 g/mol. The predicted octanol–water partition coefficient (Wildman–Crippen LogP) is -0.283. The van der Waals surface area contributed by atoms with E-state index in [1.165, 1.54) is 0 Å². The molecule has 0 atom stereocenters. The molecule has 0 spiro atoms. The minimum Gasteiger partial charge on any atom is -0.379 e. The SMILES string of the molecule is NCCCOCCOCCCN. The van der Waals surface area contributed by atoms with E-state index in [9.17, 15) is 0 Å². The number of hydrogen-bond donors (Lipinski definition) is 2. The Balaban J connectivity index is 2.73. The molecule has 0 aliphatic rings. The number of hydrogen-bond acceptors (Lipinski definition) is 4. The molecule has 0 aromatic carbocycles. The molecular formula is C8H20N2O2. The van der Waals surface area contributed by atoms with Crippen LogP contribution >= 0.6 is 0 Å². The number of nitrogens with two attached hydrogens (primary N) is 2. The van der Waals surface area contributed by atoms with E-state index < -0.39 is 0 Å². The van der Waals surface area contributed by atoms with Gasteiger partial charge in [0, 0.05) is 13.2 Å². The van der Waals surface area contributed by atoms with Gasteiger partial charge in [-0.3, -0.25) is 0 Å². The van der Waals surface area contributed by atoms with Crippen molar-refractivity contribution in [1.82, 2.24) is 0 Å². The molecule has 4 N–H and O–H groups in total. The van der Waals surface area contributed by atoms with Crippen molar-refractivity contribution in [3.8, 4) is 0 Å². The largest absolute Gasteiger partial charge is 0.379 e. The highest BCUT2D eigenvalue weighted by molar-refractivity contribution is 4.38. The van der Waals surface area contributed by atoms with E-state index in [0.29, 0.717) is 26.3 Å². The quantitative estimate of drug-likeness (QED) is 0.474. The van der Waals surface area contributed by atoms with Crippen molar-refractivity contribution in [3.05, 3.63) is 0 Å². The van der Waals surface area contributed by atoms with E-state index >= 15 is 0 Å². The molecule has 0 aliphatic carbocycles. The summed E-state index contributed by atoms with van der Waals surface area (Å²) in [5.74, 6) is 0. The fourth-order valence-corrected chi connectivity index (χ4v) is 0.693. The van der Waals surface area contributed by atoms with Gasteiger partial charge in [-0.15, -0.1) is 0 Å². The second-order valence-electron chi connectivity index (χ2n) is 2.51. The van der Waals surface area contributed by atoms with Crippen LogP contribution in [-0.4, -0.2) is 39.5 Å². The summed E-state index contributed by atoms with van der Waals surface area (Å²) in [7, 11) is 0. The lowest BCUT2D eigenvalue weighted by Gasteiger charge is -2.03. The van der Waals surface area contributed by atoms with Crippen LogP contribution in [0.1, 0.15) is 12.8 Å². The maximum atomic E-state index is 5.28.